The van der Waals surface area contributed by atoms with E-state index in [4.69, 9.17) is 0 Å². The Balaban J connectivity index is 1.65. The van der Waals surface area contributed by atoms with Crippen LogP contribution in [0.1, 0.15) is 0 Å². The molecule has 0 aliphatic heterocycles. The van der Waals surface area contributed by atoms with Crippen LogP contribution in [0.3, 0.4) is 0 Å². The molecule has 0 radical (unpaired) electrons. The number of anilines is 2. The Labute approximate surface area is 143 Å². The zero-order valence-corrected chi connectivity index (χ0v) is 14.1. The number of nitrogens with zero attached hydrogens (tertiary/aromatic N) is 1. The molecule has 1 heterocycles. The van der Waals surface area contributed by atoms with Crippen molar-refractivity contribution in [1.29, 1.82) is 0 Å². The summed E-state index contributed by atoms with van der Waals surface area (Å²) in [4.78, 5) is 17.6. The maximum atomic E-state index is 12.1. The number of amides is 2. The number of thiazole rings is 1. The Kier molecular flexibility index (Phi) is 4.95. The first kappa shape index (κ1) is 15.6. The quantitative estimate of drug-likeness (QED) is 0.643. The van der Waals surface area contributed by atoms with Crippen molar-refractivity contribution in [1.82, 2.24) is 4.98 Å². The van der Waals surface area contributed by atoms with Gasteiger partial charge in [-0.2, -0.15) is 0 Å². The van der Waals surface area contributed by atoms with Crippen molar-refractivity contribution < 1.29 is 4.79 Å². The highest BCUT2D eigenvalue weighted by atomic mass is 32.2. The summed E-state index contributed by atoms with van der Waals surface area (Å²) in [5.74, 6) is 0. The standard InChI is InChI=1S/C17H15N3OS2/c1-22-14-9-5-8-13(10-14)18-16(21)20-17-19-15(11-23-17)12-6-3-2-4-7-12/h2-11H,1H3,(H2,18,19,20,21). The van der Waals surface area contributed by atoms with E-state index < -0.39 is 0 Å². The van der Waals surface area contributed by atoms with E-state index in [0.29, 0.717) is 5.13 Å². The Bertz CT molecular complexity index is 802. The summed E-state index contributed by atoms with van der Waals surface area (Å²) in [6.45, 7) is 0. The molecule has 2 aromatic carbocycles. The molecule has 0 aliphatic rings. The van der Waals surface area contributed by atoms with Crippen LogP contribution < -0.4 is 10.6 Å². The van der Waals surface area contributed by atoms with Gasteiger partial charge >= 0.3 is 6.03 Å². The minimum Gasteiger partial charge on any atom is -0.308 e. The monoisotopic (exact) mass is 341 g/mol. The van der Waals surface area contributed by atoms with Crippen LogP contribution in [0.4, 0.5) is 15.6 Å². The second-order valence-electron chi connectivity index (χ2n) is 4.72. The lowest BCUT2D eigenvalue weighted by Gasteiger charge is -2.06. The van der Waals surface area contributed by atoms with Crippen molar-refractivity contribution in [3.8, 4) is 11.3 Å². The largest absolute Gasteiger partial charge is 0.325 e. The average molecular weight is 341 g/mol. The molecule has 3 rings (SSSR count). The fourth-order valence-electron chi connectivity index (χ4n) is 2.03. The maximum absolute atomic E-state index is 12.1. The lowest BCUT2D eigenvalue weighted by molar-refractivity contribution is 0.262. The maximum Gasteiger partial charge on any atom is 0.325 e. The first-order valence-electron chi connectivity index (χ1n) is 6.97. The molecule has 0 fully saturated rings. The Morgan fingerprint density at radius 2 is 1.91 bits per heavy atom. The van der Waals surface area contributed by atoms with E-state index in [0.717, 1.165) is 21.8 Å². The second-order valence-corrected chi connectivity index (χ2v) is 6.45. The fraction of sp³-hybridized carbons (Fsp3) is 0.0588. The molecule has 4 nitrogen and oxygen atoms in total. The van der Waals surface area contributed by atoms with E-state index in [-0.39, 0.29) is 6.03 Å². The van der Waals surface area contributed by atoms with Crippen LogP contribution in [0.15, 0.2) is 64.9 Å². The number of rotatable bonds is 4. The molecule has 0 saturated heterocycles. The number of carbonyl (C=O) groups is 1. The molecule has 0 aliphatic carbocycles. The topological polar surface area (TPSA) is 54.0 Å². The smallest absolute Gasteiger partial charge is 0.308 e. The number of aromatic nitrogens is 1. The molecule has 0 atom stereocenters. The number of benzene rings is 2. The Hall–Kier alpha value is -2.31. The summed E-state index contributed by atoms with van der Waals surface area (Å²) in [6, 6.07) is 17.3. The SMILES string of the molecule is CSc1cccc(NC(=O)Nc2nc(-c3ccccc3)cs2)c1. The van der Waals surface area contributed by atoms with Gasteiger partial charge in [0.05, 0.1) is 5.69 Å². The number of carbonyl (C=O) groups excluding carboxylic acids is 1. The van der Waals surface area contributed by atoms with Gasteiger partial charge in [-0.05, 0) is 24.5 Å². The molecule has 1 aromatic heterocycles. The van der Waals surface area contributed by atoms with Crippen LogP contribution in [0, 0.1) is 0 Å². The van der Waals surface area contributed by atoms with Crippen LogP contribution in [0.5, 0.6) is 0 Å². The third kappa shape index (κ3) is 4.12. The zero-order chi connectivity index (χ0) is 16.1. The molecular formula is C17H15N3OS2. The predicted molar refractivity (Wildman–Crippen MR) is 98.4 cm³/mol. The third-order valence-corrected chi connectivity index (χ3v) is 4.60. The molecule has 0 bridgehead atoms. The van der Waals surface area contributed by atoms with Crippen molar-refractivity contribution in [2.45, 2.75) is 4.90 Å². The lowest BCUT2D eigenvalue weighted by atomic mass is 10.2. The van der Waals surface area contributed by atoms with E-state index >= 15 is 0 Å². The summed E-state index contributed by atoms with van der Waals surface area (Å²) in [6.07, 6.45) is 2.00. The van der Waals surface area contributed by atoms with Crippen molar-refractivity contribution in [2.24, 2.45) is 0 Å². The van der Waals surface area contributed by atoms with Gasteiger partial charge in [0.2, 0.25) is 0 Å². The molecule has 6 heteroatoms. The lowest BCUT2D eigenvalue weighted by Crippen LogP contribution is -2.19. The summed E-state index contributed by atoms with van der Waals surface area (Å²) in [7, 11) is 0. The molecule has 116 valence electrons. The molecule has 2 amide bonds. The van der Waals surface area contributed by atoms with Crippen molar-refractivity contribution >= 4 is 39.9 Å². The summed E-state index contributed by atoms with van der Waals surface area (Å²) < 4.78 is 0. The van der Waals surface area contributed by atoms with Crippen LogP contribution in [0.25, 0.3) is 11.3 Å². The van der Waals surface area contributed by atoms with Crippen LogP contribution in [-0.4, -0.2) is 17.3 Å². The van der Waals surface area contributed by atoms with Crippen LogP contribution in [-0.2, 0) is 0 Å². The summed E-state index contributed by atoms with van der Waals surface area (Å²) in [5, 5.41) is 8.09. The molecule has 2 N–H and O–H groups in total. The van der Waals surface area contributed by atoms with Gasteiger partial charge < -0.3 is 5.32 Å². The number of hydrogen-bond donors (Lipinski definition) is 2. The highest BCUT2D eigenvalue weighted by Gasteiger charge is 2.08. The van der Waals surface area contributed by atoms with Gasteiger partial charge in [-0.3, -0.25) is 5.32 Å². The predicted octanol–water partition coefficient (Wildman–Crippen LogP) is 5.18. The highest BCUT2D eigenvalue weighted by molar-refractivity contribution is 7.98. The zero-order valence-electron chi connectivity index (χ0n) is 12.4. The van der Waals surface area contributed by atoms with E-state index in [9.17, 15) is 4.79 Å². The normalized spacial score (nSPS) is 10.3. The Morgan fingerprint density at radius 3 is 2.70 bits per heavy atom. The minimum atomic E-state index is -0.294. The fourth-order valence-corrected chi connectivity index (χ4v) is 3.21. The highest BCUT2D eigenvalue weighted by Crippen LogP contribution is 2.25. The van der Waals surface area contributed by atoms with E-state index in [1.54, 1.807) is 11.8 Å². The molecule has 0 spiro atoms. The number of hydrogen-bond acceptors (Lipinski definition) is 4. The van der Waals surface area contributed by atoms with E-state index in [2.05, 4.69) is 15.6 Å². The second kappa shape index (κ2) is 7.30. The van der Waals surface area contributed by atoms with E-state index in [1.165, 1.54) is 11.3 Å². The van der Waals surface area contributed by atoms with Gasteiger partial charge in [0.15, 0.2) is 5.13 Å². The number of thioether (sulfide) groups is 1. The van der Waals surface area contributed by atoms with Gasteiger partial charge in [0, 0.05) is 21.5 Å². The van der Waals surface area contributed by atoms with Gasteiger partial charge in [0.1, 0.15) is 0 Å². The third-order valence-electron chi connectivity index (χ3n) is 3.12. The summed E-state index contributed by atoms with van der Waals surface area (Å²) >= 11 is 3.04. The first-order valence-corrected chi connectivity index (χ1v) is 9.08. The molecular weight excluding hydrogens is 326 g/mol. The minimum absolute atomic E-state index is 0.294. The molecule has 0 unspecified atom stereocenters. The number of nitrogens with one attached hydrogen (secondary N) is 2. The van der Waals surface area contributed by atoms with Crippen molar-refractivity contribution in [3.63, 3.8) is 0 Å². The molecule has 23 heavy (non-hydrogen) atoms. The first-order chi connectivity index (χ1) is 11.2. The average Bonchev–Trinajstić information content (AvgIpc) is 3.04. The van der Waals surface area contributed by atoms with E-state index in [1.807, 2.05) is 66.2 Å². The van der Waals surface area contributed by atoms with Crippen LogP contribution in [0.2, 0.25) is 0 Å². The van der Waals surface area contributed by atoms with Gasteiger partial charge in [0.25, 0.3) is 0 Å². The van der Waals surface area contributed by atoms with Gasteiger partial charge in [-0.25, -0.2) is 9.78 Å². The molecule has 3 aromatic rings. The van der Waals surface area contributed by atoms with Crippen molar-refractivity contribution in [3.05, 3.63) is 60.0 Å². The Morgan fingerprint density at radius 1 is 1.09 bits per heavy atom. The van der Waals surface area contributed by atoms with Gasteiger partial charge in [-0.1, -0.05) is 36.4 Å². The summed E-state index contributed by atoms with van der Waals surface area (Å²) in [5.41, 5.74) is 2.65. The number of urea groups is 1. The molecule has 0 saturated carbocycles. The van der Waals surface area contributed by atoms with Gasteiger partial charge in [-0.15, -0.1) is 23.1 Å². The van der Waals surface area contributed by atoms with Crippen LogP contribution >= 0.6 is 23.1 Å². The van der Waals surface area contributed by atoms with Crippen molar-refractivity contribution in [2.75, 3.05) is 16.9 Å².